The third-order valence-electron chi connectivity index (χ3n) is 3.73. The first kappa shape index (κ1) is 16.0. The van der Waals surface area contributed by atoms with Crippen LogP contribution in [0.4, 0.5) is 5.69 Å². The van der Waals surface area contributed by atoms with Crippen molar-refractivity contribution in [3.8, 4) is 0 Å². The fourth-order valence-corrected chi connectivity index (χ4v) is 2.66. The molecule has 24 heavy (non-hydrogen) atoms. The summed E-state index contributed by atoms with van der Waals surface area (Å²) in [5, 5.41) is 4.03. The van der Waals surface area contributed by atoms with Crippen LogP contribution in [0, 0.1) is 5.92 Å². The minimum absolute atomic E-state index is 0.146. The lowest BCUT2D eigenvalue weighted by Gasteiger charge is -2.09. The van der Waals surface area contributed by atoms with E-state index in [4.69, 9.17) is 0 Å². The van der Waals surface area contributed by atoms with Crippen LogP contribution < -0.4 is 5.32 Å². The summed E-state index contributed by atoms with van der Waals surface area (Å²) in [6, 6.07) is 11.8. The van der Waals surface area contributed by atoms with Gasteiger partial charge in [0.15, 0.2) is 0 Å². The molecule has 0 unspecified atom stereocenters. The Hall–Kier alpha value is -2.88. The van der Waals surface area contributed by atoms with Gasteiger partial charge in [0, 0.05) is 47.8 Å². The molecule has 3 aromatic rings. The third kappa shape index (κ3) is 3.90. The molecule has 2 aromatic heterocycles. The molecule has 0 aliphatic heterocycles. The first-order chi connectivity index (χ1) is 11.6. The number of hydrogen-bond donors (Lipinski definition) is 1. The Morgan fingerprint density at radius 3 is 2.75 bits per heavy atom. The molecule has 2 heterocycles. The fraction of sp³-hybridized carbons (Fsp3) is 0.200. The van der Waals surface area contributed by atoms with E-state index in [2.05, 4.69) is 47.0 Å². The van der Waals surface area contributed by atoms with Crippen LogP contribution in [0.2, 0.25) is 0 Å². The number of nitrogens with one attached hydrogen (secondary N) is 1. The molecule has 0 bridgehead atoms. The second kappa shape index (κ2) is 7.13. The van der Waals surface area contributed by atoms with Crippen LogP contribution in [0.25, 0.3) is 17.0 Å². The molecule has 0 atom stereocenters. The van der Waals surface area contributed by atoms with Crippen LogP contribution >= 0.6 is 0 Å². The van der Waals surface area contributed by atoms with Gasteiger partial charge >= 0.3 is 0 Å². The van der Waals surface area contributed by atoms with Gasteiger partial charge in [0.25, 0.3) is 0 Å². The monoisotopic (exact) mass is 319 g/mol. The molecule has 1 amide bonds. The van der Waals surface area contributed by atoms with E-state index in [9.17, 15) is 4.79 Å². The van der Waals surface area contributed by atoms with Gasteiger partial charge in [-0.05, 0) is 54.0 Å². The molecule has 0 saturated carbocycles. The normalized spacial score (nSPS) is 11.5. The lowest BCUT2D eigenvalue weighted by molar-refractivity contribution is -0.111. The molecule has 0 aliphatic rings. The predicted molar refractivity (Wildman–Crippen MR) is 98.7 cm³/mol. The van der Waals surface area contributed by atoms with E-state index in [1.165, 1.54) is 11.6 Å². The summed E-state index contributed by atoms with van der Waals surface area (Å²) in [7, 11) is 0. The van der Waals surface area contributed by atoms with Crippen LogP contribution in [0.1, 0.15) is 19.4 Å². The summed E-state index contributed by atoms with van der Waals surface area (Å²) in [6.07, 6.45) is 8.80. The predicted octanol–water partition coefficient (Wildman–Crippen LogP) is 4.34. The topological polar surface area (TPSA) is 46.9 Å². The van der Waals surface area contributed by atoms with E-state index in [0.29, 0.717) is 5.92 Å². The molecule has 0 saturated heterocycles. The molecule has 0 radical (unpaired) electrons. The van der Waals surface area contributed by atoms with Crippen molar-refractivity contribution in [2.24, 2.45) is 5.92 Å². The molecular weight excluding hydrogens is 298 g/mol. The highest BCUT2D eigenvalue weighted by Crippen LogP contribution is 2.21. The number of fused-ring (bicyclic) bond motifs is 1. The SMILES string of the molecule is CC(C)Cn1ccc2cc(NC(=O)/C=C/c3ccncc3)ccc21. The van der Waals surface area contributed by atoms with Gasteiger partial charge in [-0.25, -0.2) is 0 Å². The maximum Gasteiger partial charge on any atom is 0.248 e. The van der Waals surface area contributed by atoms with Crippen molar-refractivity contribution >= 4 is 28.6 Å². The Kier molecular flexibility index (Phi) is 4.75. The minimum atomic E-state index is -0.146. The molecule has 0 spiro atoms. The number of aromatic nitrogens is 2. The van der Waals surface area contributed by atoms with E-state index < -0.39 is 0 Å². The van der Waals surface area contributed by atoms with Crippen molar-refractivity contribution in [3.63, 3.8) is 0 Å². The maximum atomic E-state index is 12.1. The lowest BCUT2D eigenvalue weighted by atomic mass is 10.2. The van der Waals surface area contributed by atoms with Gasteiger partial charge in [0.2, 0.25) is 5.91 Å². The molecule has 1 aromatic carbocycles. The zero-order chi connectivity index (χ0) is 16.9. The summed E-state index contributed by atoms with van der Waals surface area (Å²) >= 11 is 0. The second-order valence-corrected chi connectivity index (χ2v) is 6.24. The van der Waals surface area contributed by atoms with E-state index in [1.807, 2.05) is 24.3 Å². The number of hydrogen-bond acceptors (Lipinski definition) is 2. The van der Waals surface area contributed by atoms with Gasteiger partial charge in [-0.3, -0.25) is 9.78 Å². The quantitative estimate of drug-likeness (QED) is 0.711. The van der Waals surface area contributed by atoms with Crippen molar-refractivity contribution in [2.75, 3.05) is 5.32 Å². The van der Waals surface area contributed by atoms with Crippen molar-refractivity contribution in [1.29, 1.82) is 0 Å². The lowest BCUT2D eigenvalue weighted by Crippen LogP contribution is -2.07. The van der Waals surface area contributed by atoms with Crippen molar-refractivity contribution in [2.45, 2.75) is 20.4 Å². The van der Waals surface area contributed by atoms with Crippen LogP contribution in [0.15, 0.2) is 61.1 Å². The van der Waals surface area contributed by atoms with Crippen LogP contribution in [-0.2, 0) is 11.3 Å². The molecule has 4 nitrogen and oxygen atoms in total. The van der Waals surface area contributed by atoms with Gasteiger partial charge < -0.3 is 9.88 Å². The largest absolute Gasteiger partial charge is 0.347 e. The standard InChI is InChI=1S/C20H21N3O/c1-15(2)14-23-12-9-17-13-18(4-5-19(17)23)22-20(24)6-3-16-7-10-21-11-8-16/h3-13,15H,14H2,1-2H3,(H,22,24)/b6-3+. The summed E-state index contributed by atoms with van der Waals surface area (Å²) in [6.45, 7) is 5.40. The molecule has 122 valence electrons. The second-order valence-electron chi connectivity index (χ2n) is 6.24. The highest BCUT2D eigenvalue weighted by Gasteiger charge is 2.05. The average molecular weight is 319 g/mol. The van der Waals surface area contributed by atoms with Crippen molar-refractivity contribution in [3.05, 3.63) is 66.6 Å². The zero-order valence-electron chi connectivity index (χ0n) is 13.9. The zero-order valence-corrected chi connectivity index (χ0v) is 13.9. The smallest absolute Gasteiger partial charge is 0.248 e. The summed E-state index contributed by atoms with van der Waals surface area (Å²) < 4.78 is 2.24. The van der Waals surface area contributed by atoms with Gasteiger partial charge in [0.05, 0.1) is 0 Å². The Morgan fingerprint density at radius 1 is 1.21 bits per heavy atom. The third-order valence-corrected chi connectivity index (χ3v) is 3.73. The van der Waals surface area contributed by atoms with Crippen LogP contribution in [-0.4, -0.2) is 15.5 Å². The molecule has 4 heteroatoms. The number of benzene rings is 1. The van der Waals surface area contributed by atoms with Gasteiger partial charge in [0.1, 0.15) is 0 Å². The van der Waals surface area contributed by atoms with Gasteiger partial charge in [-0.1, -0.05) is 13.8 Å². The van der Waals surface area contributed by atoms with Crippen molar-refractivity contribution < 1.29 is 4.79 Å². The number of anilines is 1. The Bertz CT molecular complexity index is 863. The first-order valence-corrected chi connectivity index (χ1v) is 8.10. The van der Waals surface area contributed by atoms with Crippen molar-refractivity contribution in [1.82, 2.24) is 9.55 Å². The first-order valence-electron chi connectivity index (χ1n) is 8.10. The molecule has 3 rings (SSSR count). The van der Waals surface area contributed by atoms with E-state index >= 15 is 0 Å². The number of nitrogens with zero attached hydrogens (tertiary/aromatic N) is 2. The molecule has 0 fully saturated rings. The molecule has 0 aliphatic carbocycles. The van der Waals surface area contributed by atoms with Crippen LogP contribution in [0.5, 0.6) is 0 Å². The summed E-state index contributed by atoms with van der Waals surface area (Å²) in [5.41, 5.74) is 2.93. The number of rotatable bonds is 5. The summed E-state index contributed by atoms with van der Waals surface area (Å²) in [5.74, 6) is 0.450. The number of amides is 1. The van der Waals surface area contributed by atoms with E-state index in [-0.39, 0.29) is 5.91 Å². The highest BCUT2D eigenvalue weighted by molar-refractivity contribution is 6.03. The van der Waals surface area contributed by atoms with Gasteiger partial charge in [-0.2, -0.15) is 0 Å². The number of carbonyl (C=O) groups excluding carboxylic acids is 1. The van der Waals surface area contributed by atoms with E-state index in [0.717, 1.165) is 23.2 Å². The van der Waals surface area contributed by atoms with Crippen LogP contribution in [0.3, 0.4) is 0 Å². The number of pyridine rings is 1. The van der Waals surface area contributed by atoms with Gasteiger partial charge in [-0.15, -0.1) is 0 Å². The molecular formula is C20H21N3O. The Morgan fingerprint density at radius 2 is 2.00 bits per heavy atom. The Labute approximate surface area is 141 Å². The summed E-state index contributed by atoms with van der Waals surface area (Å²) in [4.78, 5) is 16.0. The Balaban J connectivity index is 1.71. The van der Waals surface area contributed by atoms with E-state index in [1.54, 1.807) is 18.5 Å². The highest BCUT2D eigenvalue weighted by atomic mass is 16.1. The average Bonchev–Trinajstić information content (AvgIpc) is 2.95. The fourth-order valence-electron chi connectivity index (χ4n) is 2.66. The molecule has 1 N–H and O–H groups in total. The minimum Gasteiger partial charge on any atom is -0.347 e. The maximum absolute atomic E-state index is 12.1. The number of carbonyl (C=O) groups is 1.